The van der Waals surface area contributed by atoms with Crippen LogP contribution < -0.4 is 9.47 Å². The van der Waals surface area contributed by atoms with Gasteiger partial charge in [0.15, 0.2) is 11.5 Å². The maximum Gasteiger partial charge on any atom is 0.311 e. The molecule has 3 rings (SSSR count). The van der Waals surface area contributed by atoms with Crippen molar-refractivity contribution in [1.29, 1.82) is 0 Å². The molecule has 2 aromatic carbocycles. The Bertz CT molecular complexity index is 728. The van der Waals surface area contributed by atoms with Crippen LogP contribution in [0.4, 0.5) is 0 Å². The fourth-order valence-corrected chi connectivity index (χ4v) is 2.61. The van der Waals surface area contributed by atoms with E-state index in [4.69, 9.17) is 21.1 Å². The fourth-order valence-electron chi connectivity index (χ4n) is 2.42. The van der Waals surface area contributed by atoms with Gasteiger partial charge >= 0.3 is 5.97 Å². The van der Waals surface area contributed by atoms with Crippen LogP contribution in [0.1, 0.15) is 17.0 Å². The van der Waals surface area contributed by atoms with E-state index in [9.17, 15) is 15.0 Å². The van der Waals surface area contributed by atoms with Crippen LogP contribution in [0.2, 0.25) is 5.02 Å². The summed E-state index contributed by atoms with van der Waals surface area (Å²) in [5, 5.41) is 19.8. The molecular weight excluding hydrogens is 308 g/mol. The quantitative estimate of drug-likeness (QED) is 0.904. The molecule has 0 aromatic heterocycles. The van der Waals surface area contributed by atoms with Crippen LogP contribution >= 0.6 is 11.6 Å². The van der Waals surface area contributed by atoms with Crippen molar-refractivity contribution in [2.75, 3.05) is 6.79 Å². The number of phenolic OH excluding ortho intramolecular Hbond substituents is 1. The lowest BCUT2D eigenvalue weighted by molar-refractivity contribution is -0.138. The van der Waals surface area contributed by atoms with Crippen LogP contribution in [-0.4, -0.2) is 23.0 Å². The molecule has 0 bridgehead atoms. The molecule has 114 valence electrons. The molecule has 22 heavy (non-hydrogen) atoms. The highest BCUT2D eigenvalue weighted by Crippen LogP contribution is 2.36. The smallest absolute Gasteiger partial charge is 0.311 e. The van der Waals surface area contributed by atoms with Gasteiger partial charge in [-0.25, -0.2) is 0 Å². The zero-order valence-electron chi connectivity index (χ0n) is 11.5. The van der Waals surface area contributed by atoms with E-state index in [0.29, 0.717) is 27.6 Å². The number of fused-ring (bicyclic) bond motifs is 1. The molecule has 1 heterocycles. The number of aromatic hydroxyl groups is 1. The maximum absolute atomic E-state index is 11.6. The summed E-state index contributed by atoms with van der Waals surface area (Å²) in [6.45, 7) is 0.131. The number of benzene rings is 2. The van der Waals surface area contributed by atoms with E-state index in [-0.39, 0.29) is 19.0 Å². The fraction of sp³-hybridized carbons (Fsp3) is 0.188. The molecule has 1 aliphatic rings. The largest absolute Gasteiger partial charge is 0.508 e. The summed E-state index contributed by atoms with van der Waals surface area (Å²) < 4.78 is 10.5. The van der Waals surface area contributed by atoms with E-state index in [1.165, 1.54) is 6.07 Å². The Morgan fingerprint density at radius 3 is 2.73 bits per heavy atom. The Balaban J connectivity index is 1.93. The summed E-state index contributed by atoms with van der Waals surface area (Å²) in [6, 6.07) is 9.61. The van der Waals surface area contributed by atoms with Gasteiger partial charge in [0.1, 0.15) is 5.75 Å². The van der Waals surface area contributed by atoms with Gasteiger partial charge in [0.25, 0.3) is 0 Å². The SMILES string of the molecule is O=C(O)C(Cc1cc(Cl)ccc1O)c1ccc2c(c1)OCO2. The van der Waals surface area contributed by atoms with E-state index in [2.05, 4.69) is 0 Å². The summed E-state index contributed by atoms with van der Waals surface area (Å²) >= 11 is 5.91. The summed E-state index contributed by atoms with van der Waals surface area (Å²) in [6.07, 6.45) is 0.126. The number of hydrogen-bond donors (Lipinski definition) is 2. The van der Waals surface area contributed by atoms with E-state index < -0.39 is 11.9 Å². The minimum Gasteiger partial charge on any atom is -0.508 e. The number of hydrogen-bond acceptors (Lipinski definition) is 4. The lowest BCUT2D eigenvalue weighted by Gasteiger charge is -2.14. The number of carbonyl (C=O) groups is 1. The topological polar surface area (TPSA) is 76.0 Å². The molecule has 0 saturated carbocycles. The first-order chi connectivity index (χ1) is 10.5. The van der Waals surface area contributed by atoms with Gasteiger partial charge in [0, 0.05) is 5.02 Å². The number of carboxylic acid groups (broad SMARTS) is 1. The van der Waals surface area contributed by atoms with Crippen molar-refractivity contribution in [3.63, 3.8) is 0 Å². The number of carboxylic acids is 1. The third-order valence-electron chi connectivity index (χ3n) is 3.56. The molecule has 0 spiro atoms. The molecule has 0 aliphatic carbocycles. The highest BCUT2D eigenvalue weighted by Gasteiger charge is 2.24. The van der Waals surface area contributed by atoms with Crippen molar-refractivity contribution in [3.05, 3.63) is 52.5 Å². The normalized spacial score (nSPS) is 13.9. The minimum atomic E-state index is -0.988. The summed E-state index contributed by atoms with van der Waals surface area (Å²) in [4.78, 5) is 11.6. The molecular formula is C16H13ClO5. The summed E-state index contributed by atoms with van der Waals surface area (Å²) in [5.74, 6) is -0.661. The van der Waals surface area contributed by atoms with E-state index in [0.717, 1.165) is 0 Å². The summed E-state index contributed by atoms with van der Waals surface area (Å²) in [7, 11) is 0. The second-order valence-corrected chi connectivity index (χ2v) is 5.42. The number of ether oxygens (including phenoxy) is 2. The van der Waals surface area contributed by atoms with Crippen molar-refractivity contribution in [2.24, 2.45) is 0 Å². The van der Waals surface area contributed by atoms with Crippen molar-refractivity contribution < 1.29 is 24.5 Å². The number of aliphatic carboxylic acids is 1. The van der Waals surface area contributed by atoms with E-state index in [1.807, 2.05) is 0 Å². The Labute approximate surface area is 131 Å². The van der Waals surface area contributed by atoms with Crippen LogP contribution in [0.5, 0.6) is 17.2 Å². The molecule has 1 aliphatic heterocycles. The number of halogens is 1. The Morgan fingerprint density at radius 1 is 1.18 bits per heavy atom. The average Bonchev–Trinajstić information content (AvgIpc) is 2.95. The van der Waals surface area contributed by atoms with Crippen molar-refractivity contribution >= 4 is 17.6 Å². The van der Waals surface area contributed by atoms with Crippen molar-refractivity contribution in [3.8, 4) is 17.2 Å². The van der Waals surface area contributed by atoms with Crippen LogP contribution in [0, 0.1) is 0 Å². The molecule has 0 fully saturated rings. The van der Waals surface area contributed by atoms with Gasteiger partial charge in [0.05, 0.1) is 5.92 Å². The molecule has 6 heteroatoms. The monoisotopic (exact) mass is 320 g/mol. The first-order valence-corrected chi connectivity index (χ1v) is 7.02. The van der Waals surface area contributed by atoms with Crippen LogP contribution in [0.3, 0.4) is 0 Å². The predicted octanol–water partition coefficient (Wildman–Crippen LogP) is 3.19. The number of phenols is 1. The number of rotatable bonds is 4. The molecule has 5 nitrogen and oxygen atoms in total. The highest BCUT2D eigenvalue weighted by molar-refractivity contribution is 6.30. The van der Waals surface area contributed by atoms with Gasteiger partial charge in [0.2, 0.25) is 6.79 Å². The Morgan fingerprint density at radius 2 is 1.95 bits per heavy atom. The zero-order chi connectivity index (χ0) is 15.7. The molecule has 1 unspecified atom stereocenters. The molecule has 2 N–H and O–H groups in total. The first-order valence-electron chi connectivity index (χ1n) is 6.64. The van der Waals surface area contributed by atoms with Crippen LogP contribution in [-0.2, 0) is 11.2 Å². The molecule has 0 radical (unpaired) electrons. The molecule has 2 aromatic rings. The van der Waals surface area contributed by atoms with Gasteiger partial charge in [-0.2, -0.15) is 0 Å². The van der Waals surface area contributed by atoms with Gasteiger partial charge in [-0.3, -0.25) is 4.79 Å². The Kier molecular flexibility index (Phi) is 3.81. The van der Waals surface area contributed by atoms with E-state index in [1.54, 1.807) is 30.3 Å². The van der Waals surface area contributed by atoms with Gasteiger partial charge in [-0.1, -0.05) is 17.7 Å². The summed E-state index contributed by atoms with van der Waals surface area (Å²) in [5.41, 5.74) is 1.06. The van der Waals surface area contributed by atoms with Crippen molar-refractivity contribution in [2.45, 2.75) is 12.3 Å². The average molecular weight is 321 g/mol. The third kappa shape index (κ3) is 2.80. The van der Waals surface area contributed by atoms with Crippen LogP contribution in [0.15, 0.2) is 36.4 Å². The van der Waals surface area contributed by atoms with Gasteiger partial charge in [-0.15, -0.1) is 0 Å². The predicted molar refractivity (Wildman–Crippen MR) is 79.8 cm³/mol. The third-order valence-corrected chi connectivity index (χ3v) is 3.80. The first kappa shape index (κ1) is 14.5. The lowest BCUT2D eigenvalue weighted by Crippen LogP contribution is -2.14. The van der Waals surface area contributed by atoms with Gasteiger partial charge in [-0.05, 0) is 47.9 Å². The second-order valence-electron chi connectivity index (χ2n) is 4.98. The van der Waals surface area contributed by atoms with Gasteiger partial charge < -0.3 is 19.7 Å². The molecule has 0 saturated heterocycles. The molecule has 0 amide bonds. The minimum absolute atomic E-state index is 0.0244. The lowest BCUT2D eigenvalue weighted by atomic mass is 9.91. The van der Waals surface area contributed by atoms with Crippen molar-refractivity contribution in [1.82, 2.24) is 0 Å². The highest BCUT2D eigenvalue weighted by atomic mass is 35.5. The van der Waals surface area contributed by atoms with Crippen LogP contribution in [0.25, 0.3) is 0 Å². The second kappa shape index (κ2) is 5.77. The Hall–Kier alpha value is -2.40. The van der Waals surface area contributed by atoms with E-state index >= 15 is 0 Å². The zero-order valence-corrected chi connectivity index (χ0v) is 12.2. The maximum atomic E-state index is 11.6. The standard InChI is InChI=1S/C16H13ClO5/c17-11-2-3-13(18)10(5-11)6-12(16(19)20)9-1-4-14-15(7-9)22-8-21-14/h1-5,7,12,18H,6,8H2,(H,19,20). The molecule has 1 atom stereocenters.